The van der Waals surface area contributed by atoms with Crippen molar-refractivity contribution in [1.82, 2.24) is 9.88 Å². The zero-order chi connectivity index (χ0) is 28.3. The van der Waals surface area contributed by atoms with Gasteiger partial charge in [0.25, 0.3) is 0 Å². The third kappa shape index (κ3) is 3.85. The van der Waals surface area contributed by atoms with E-state index in [0.29, 0.717) is 5.92 Å². The Bertz CT molecular complexity index is 2130. The number of nitrogens with one attached hydrogen (secondary N) is 1. The number of amidine groups is 1. The van der Waals surface area contributed by atoms with Gasteiger partial charge >= 0.3 is 0 Å². The molecule has 9 rings (SSSR count). The summed E-state index contributed by atoms with van der Waals surface area (Å²) in [4.78, 5) is 8.98. The Labute approximate surface area is 254 Å². The van der Waals surface area contributed by atoms with Crippen LogP contribution in [0.25, 0.3) is 32.5 Å². The number of allylic oxidation sites excluding steroid dienone is 2. The molecule has 6 aromatic rings. The van der Waals surface area contributed by atoms with Crippen LogP contribution in [0.15, 0.2) is 150 Å². The molecule has 3 aliphatic rings. The lowest BCUT2D eigenvalue weighted by molar-refractivity contribution is 0.589. The van der Waals surface area contributed by atoms with E-state index in [1.165, 1.54) is 32.4 Å². The van der Waals surface area contributed by atoms with E-state index in [0.717, 1.165) is 28.3 Å². The lowest BCUT2D eigenvalue weighted by Crippen LogP contribution is -2.52. The van der Waals surface area contributed by atoms with Crippen LogP contribution in [-0.2, 0) is 0 Å². The number of aromatic nitrogens is 1. The Kier molecular flexibility index (Phi) is 5.53. The summed E-state index contributed by atoms with van der Waals surface area (Å²) >= 11 is 1.79. The Hall–Kier alpha value is -5.13. The molecular formula is C38H28N4S. The highest BCUT2D eigenvalue weighted by molar-refractivity contribution is 7.17. The van der Waals surface area contributed by atoms with Gasteiger partial charge in [0, 0.05) is 39.2 Å². The molecule has 0 bridgehead atoms. The Morgan fingerprint density at radius 1 is 0.698 bits per heavy atom. The number of fused-ring (bicyclic) bond motifs is 6. The van der Waals surface area contributed by atoms with Crippen molar-refractivity contribution in [1.29, 1.82) is 0 Å². The van der Waals surface area contributed by atoms with Crippen LogP contribution in [-0.4, -0.2) is 22.6 Å². The number of hydrogen-bond acceptors (Lipinski definition) is 4. The normalized spacial score (nSPS) is 20.6. The fourth-order valence-electron chi connectivity index (χ4n) is 6.95. The molecule has 1 aliphatic carbocycles. The first-order valence-corrected chi connectivity index (χ1v) is 15.6. The molecule has 0 amide bonds. The Morgan fingerprint density at radius 3 is 2.40 bits per heavy atom. The Balaban J connectivity index is 1.13. The molecule has 0 saturated carbocycles. The summed E-state index contributed by atoms with van der Waals surface area (Å²) in [6.45, 7) is 0. The molecule has 4 aromatic carbocycles. The molecule has 206 valence electrons. The standard InChI is InChI=1S/C38H28N4S/c1-2-10-25(11-3-1)32-24-36(42-34-16-8-4-12-28(34)29-13-5-9-17-35(29)42)40-37(39-32)26-18-20-27(21-19-26)41-33-15-7-6-14-30(33)31-22-23-43-38(31)41/h1-24,28,34,36H,(H,39,40). The smallest absolute Gasteiger partial charge is 0.135 e. The first-order chi connectivity index (χ1) is 21.3. The molecule has 0 radical (unpaired) electrons. The minimum atomic E-state index is -0.0613. The summed E-state index contributed by atoms with van der Waals surface area (Å²) in [5.74, 6) is 1.22. The van der Waals surface area contributed by atoms with Gasteiger partial charge in [-0.05, 0) is 59.5 Å². The molecular weight excluding hydrogens is 545 g/mol. The van der Waals surface area contributed by atoms with Crippen molar-refractivity contribution in [2.75, 3.05) is 4.90 Å². The van der Waals surface area contributed by atoms with Crippen LogP contribution >= 0.6 is 11.3 Å². The Morgan fingerprint density at radius 2 is 1.49 bits per heavy atom. The molecule has 0 spiro atoms. The van der Waals surface area contributed by atoms with Gasteiger partial charge in [-0.25, -0.2) is 4.99 Å². The van der Waals surface area contributed by atoms with Gasteiger partial charge in [-0.3, -0.25) is 0 Å². The van der Waals surface area contributed by atoms with E-state index in [1.807, 2.05) is 0 Å². The maximum atomic E-state index is 5.19. The minimum Gasteiger partial charge on any atom is -0.346 e. The van der Waals surface area contributed by atoms with E-state index >= 15 is 0 Å². The second kappa shape index (κ2) is 9.72. The van der Waals surface area contributed by atoms with Crippen LogP contribution in [0.3, 0.4) is 0 Å². The van der Waals surface area contributed by atoms with E-state index in [1.54, 1.807) is 11.3 Å². The summed E-state index contributed by atoms with van der Waals surface area (Å²) in [5, 5.41) is 8.60. The number of benzene rings is 4. The van der Waals surface area contributed by atoms with E-state index in [9.17, 15) is 0 Å². The zero-order valence-corrected chi connectivity index (χ0v) is 24.2. The fraction of sp³-hybridized carbons (Fsp3) is 0.0789. The summed E-state index contributed by atoms with van der Waals surface area (Å²) in [6, 6.07) is 39.3. The molecule has 0 fully saturated rings. The number of nitrogens with zero attached hydrogens (tertiary/aromatic N) is 3. The monoisotopic (exact) mass is 572 g/mol. The van der Waals surface area contributed by atoms with Crippen molar-refractivity contribution in [2.45, 2.75) is 18.1 Å². The summed E-state index contributed by atoms with van der Waals surface area (Å²) in [7, 11) is 0. The lowest BCUT2D eigenvalue weighted by atomic mass is 9.91. The van der Waals surface area contributed by atoms with E-state index in [2.05, 4.69) is 160 Å². The molecule has 0 saturated heterocycles. The van der Waals surface area contributed by atoms with Gasteiger partial charge < -0.3 is 14.8 Å². The topological polar surface area (TPSA) is 32.6 Å². The lowest BCUT2D eigenvalue weighted by Gasteiger charge is -2.37. The highest BCUT2D eigenvalue weighted by Gasteiger charge is 2.40. The molecule has 2 aliphatic heterocycles. The molecule has 4 heterocycles. The summed E-state index contributed by atoms with van der Waals surface area (Å²) in [5.41, 5.74) is 8.19. The van der Waals surface area contributed by atoms with Crippen molar-refractivity contribution in [3.63, 3.8) is 0 Å². The molecule has 43 heavy (non-hydrogen) atoms. The van der Waals surface area contributed by atoms with Crippen molar-refractivity contribution < 1.29 is 0 Å². The van der Waals surface area contributed by atoms with Crippen LogP contribution in [0, 0.1) is 0 Å². The van der Waals surface area contributed by atoms with Gasteiger partial charge in [-0.2, -0.15) is 0 Å². The van der Waals surface area contributed by atoms with E-state index in [-0.39, 0.29) is 12.2 Å². The summed E-state index contributed by atoms with van der Waals surface area (Å²) < 4.78 is 2.37. The van der Waals surface area contributed by atoms with Crippen LogP contribution in [0.2, 0.25) is 0 Å². The maximum Gasteiger partial charge on any atom is 0.135 e. The predicted molar refractivity (Wildman–Crippen MR) is 180 cm³/mol. The van der Waals surface area contributed by atoms with Crippen molar-refractivity contribution in [3.8, 4) is 5.69 Å². The second-order valence-electron chi connectivity index (χ2n) is 11.3. The number of hydrogen-bond donors (Lipinski definition) is 1. The number of para-hydroxylation sites is 2. The zero-order valence-electron chi connectivity index (χ0n) is 23.3. The second-order valence-corrected chi connectivity index (χ2v) is 12.2. The van der Waals surface area contributed by atoms with Gasteiger partial charge in [0.05, 0.1) is 17.3 Å². The van der Waals surface area contributed by atoms with E-state index in [4.69, 9.17) is 4.99 Å². The first-order valence-electron chi connectivity index (χ1n) is 14.8. The average Bonchev–Trinajstić information content (AvgIpc) is 3.77. The maximum absolute atomic E-state index is 5.19. The highest BCUT2D eigenvalue weighted by atomic mass is 32.1. The minimum absolute atomic E-state index is 0.0613. The SMILES string of the molecule is C1=CC2c3ccccc3N(C3C=C(c4ccccc4)N=C(c4ccc(-n5c6ccccc6c6ccsc65)cc4)N3)C2C=C1. The molecule has 3 unspecified atom stereocenters. The van der Waals surface area contributed by atoms with Crippen LogP contribution in [0.1, 0.15) is 22.6 Å². The quantitative estimate of drug-likeness (QED) is 0.229. The molecule has 3 atom stereocenters. The van der Waals surface area contributed by atoms with Crippen molar-refractivity contribution in [3.05, 3.63) is 162 Å². The van der Waals surface area contributed by atoms with Gasteiger partial charge in [0.2, 0.25) is 0 Å². The molecule has 1 N–H and O–H groups in total. The van der Waals surface area contributed by atoms with Crippen LogP contribution in [0.4, 0.5) is 5.69 Å². The van der Waals surface area contributed by atoms with E-state index < -0.39 is 0 Å². The number of thiophene rings is 1. The highest BCUT2D eigenvalue weighted by Crippen LogP contribution is 2.45. The van der Waals surface area contributed by atoms with Crippen LogP contribution in [0.5, 0.6) is 0 Å². The number of anilines is 1. The average molecular weight is 573 g/mol. The van der Waals surface area contributed by atoms with Gasteiger partial charge in [-0.15, -0.1) is 11.3 Å². The number of aliphatic imine (C=N–C) groups is 1. The third-order valence-electron chi connectivity index (χ3n) is 8.88. The molecule has 5 heteroatoms. The van der Waals surface area contributed by atoms with Gasteiger partial charge in [0.1, 0.15) is 16.8 Å². The van der Waals surface area contributed by atoms with Crippen LogP contribution < -0.4 is 10.2 Å². The predicted octanol–water partition coefficient (Wildman–Crippen LogP) is 8.66. The third-order valence-corrected chi connectivity index (χ3v) is 9.78. The van der Waals surface area contributed by atoms with Crippen molar-refractivity contribution >= 4 is 49.7 Å². The summed E-state index contributed by atoms with van der Waals surface area (Å²) in [6.07, 6.45) is 11.2. The van der Waals surface area contributed by atoms with Crippen molar-refractivity contribution in [2.24, 2.45) is 4.99 Å². The molecule has 4 nitrogen and oxygen atoms in total. The fourth-order valence-corrected chi connectivity index (χ4v) is 7.89. The van der Waals surface area contributed by atoms with Gasteiger partial charge in [-0.1, -0.05) is 91.0 Å². The largest absolute Gasteiger partial charge is 0.346 e. The molecule has 2 aromatic heterocycles. The van der Waals surface area contributed by atoms with Gasteiger partial charge in [0.15, 0.2) is 0 Å². The number of rotatable bonds is 4. The first kappa shape index (κ1) is 24.5.